The molecule has 0 amide bonds. The van der Waals surface area contributed by atoms with Gasteiger partial charge in [-0.1, -0.05) is 29.8 Å². The number of aryl methyl sites for hydroxylation is 2. The fourth-order valence-corrected chi connectivity index (χ4v) is 4.13. The lowest BCUT2D eigenvalue weighted by molar-refractivity contribution is 0.355. The van der Waals surface area contributed by atoms with Gasteiger partial charge in [0, 0.05) is 5.56 Å². The van der Waals surface area contributed by atoms with Crippen molar-refractivity contribution >= 4 is 21.6 Å². The Morgan fingerprint density at radius 1 is 1.00 bits per heavy atom. The van der Waals surface area contributed by atoms with Crippen molar-refractivity contribution in [2.24, 2.45) is 0 Å². The number of ether oxygens (including phenoxy) is 2. The zero-order valence-corrected chi connectivity index (χ0v) is 17.5. The molecule has 2 heterocycles. The molecule has 0 saturated carbocycles. The fraction of sp³-hybridized carbons (Fsp3) is 0.227. The molecule has 7 heteroatoms. The lowest BCUT2D eigenvalue weighted by atomic mass is 10.1. The monoisotopic (exact) mass is 407 g/mol. The maximum atomic E-state index is 13.0. The Labute approximate surface area is 172 Å². The normalized spacial score (nSPS) is 11.0. The number of aromatic nitrogens is 3. The van der Waals surface area contributed by atoms with Crippen LogP contribution < -0.4 is 15.0 Å². The Balaban J connectivity index is 1.90. The van der Waals surface area contributed by atoms with E-state index in [1.165, 1.54) is 21.6 Å². The summed E-state index contributed by atoms with van der Waals surface area (Å²) < 4.78 is 13.0. The highest BCUT2D eigenvalue weighted by atomic mass is 32.1. The first-order valence-corrected chi connectivity index (χ1v) is 9.98. The number of methoxy groups -OCH3 is 2. The van der Waals surface area contributed by atoms with Gasteiger partial charge in [0.05, 0.1) is 30.5 Å². The Hall–Kier alpha value is -3.19. The van der Waals surface area contributed by atoms with Gasteiger partial charge >= 0.3 is 0 Å². The fourth-order valence-electron chi connectivity index (χ4n) is 3.21. The summed E-state index contributed by atoms with van der Waals surface area (Å²) in [5.74, 6) is 1.25. The molecule has 0 aliphatic rings. The van der Waals surface area contributed by atoms with E-state index in [0.29, 0.717) is 29.3 Å². The molecule has 0 saturated heterocycles. The molecule has 29 heavy (non-hydrogen) atoms. The minimum Gasteiger partial charge on any atom is -0.493 e. The molecule has 4 rings (SSSR count). The standard InChI is InChI=1S/C22H21N3O3S/c1-13-5-7-15(8-6-13)12-25-22(26)20-21(29-14(2)23-20)19(24-25)16-9-10-17(27-3)18(11-16)28-4/h5-11H,12H2,1-4H3. The van der Waals surface area contributed by atoms with Crippen LogP contribution in [0.4, 0.5) is 0 Å². The Kier molecular flexibility index (Phi) is 5.07. The maximum absolute atomic E-state index is 13.0. The number of benzene rings is 2. The van der Waals surface area contributed by atoms with Gasteiger partial charge in [-0.25, -0.2) is 9.67 Å². The van der Waals surface area contributed by atoms with Gasteiger partial charge in [0.2, 0.25) is 0 Å². The van der Waals surface area contributed by atoms with Crippen molar-refractivity contribution < 1.29 is 9.47 Å². The van der Waals surface area contributed by atoms with E-state index in [4.69, 9.17) is 14.6 Å². The Bertz CT molecular complexity index is 1240. The summed E-state index contributed by atoms with van der Waals surface area (Å²) in [7, 11) is 3.20. The van der Waals surface area contributed by atoms with Gasteiger partial charge in [-0.3, -0.25) is 4.79 Å². The largest absolute Gasteiger partial charge is 0.493 e. The second kappa shape index (κ2) is 7.67. The van der Waals surface area contributed by atoms with E-state index in [0.717, 1.165) is 20.8 Å². The van der Waals surface area contributed by atoms with Crippen LogP contribution in [0, 0.1) is 13.8 Å². The van der Waals surface area contributed by atoms with Crippen molar-refractivity contribution in [1.82, 2.24) is 14.8 Å². The van der Waals surface area contributed by atoms with Crippen LogP contribution in [0.2, 0.25) is 0 Å². The molecule has 0 aliphatic carbocycles. The lowest BCUT2D eigenvalue weighted by Crippen LogP contribution is -2.24. The first-order chi connectivity index (χ1) is 14.0. The van der Waals surface area contributed by atoms with Gasteiger partial charge in [0.15, 0.2) is 17.0 Å². The molecule has 2 aromatic heterocycles. The van der Waals surface area contributed by atoms with Crippen molar-refractivity contribution in [3.63, 3.8) is 0 Å². The van der Waals surface area contributed by atoms with Crippen molar-refractivity contribution in [2.45, 2.75) is 20.4 Å². The van der Waals surface area contributed by atoms with Crippen LogP contribution in [0.15, 0.2) is 47.3 Å². The molecule has 0 fully saturated rings. The minimum absolute atomic E-state index is 0.186. The van der Waals surface area contributed by atoms with Crippen LogP contribution in [0.1, 0.15) is 16.1 Å². The molecule has 0 aliphatic heterocycles. The highest BCUT2D eigenvalue weighted by Gasteiger charge is 2.18. The third kappa shape index (κ3) is 3.61. The van der Waals surface area contributed by atoms with Crippen LogP contribution in [0.5, 0.6) is 11.5 Å². The van der Waals surface area contributed by atoms with Crippen LogP contribution >= 0.6 is 11.3 Å². The van der Waals surface area contributed by atoms with Gasteiger partial charge in [-0.2, -0.15) is 5.10 Å². The van der Waals surface area contributed by atoms with Gasteiger partial charge in [0.1, 0.15) is 5.69 Å². The maximum Gasteiger partial charge on any atom is 0.294 e. The minimum atomic E-state index is -0.186. The average Bonchev–Trinajstić information content (AvgIpc) is 3.13. The zero-order valence-electron chi connectivity index (χ0n) is 16.7. The summed E-state index contributed by atoms with van der Waals surface area (Å²) in [6.45, 7) is 4.31. The highest BCUT2D eigenvalue weighted by molar-refractivity contribution is 7.19. The van der Waals surface area contributed by atoms with E-state index in [2.05, 4.69) is 4.98 Å². The van der Waals surface area contributed by atoms with E-state index in [9.17, 15) is 4.79 Å². The van der Waals surface area contributed by atoms with Gasteiger partial charge < -0.3 is 9.47 Å². The van der Waals surface area contributed by atoms with E-state index < -0.39 is 0 Å². The summed E-state index contributed by atoms with van der Waals surface area (Å²) in [6, 6.07) is 13.7. The van der Waals surface area contributed by atoms with Crippen molar-refractivity contribution in [3.05, 3.63) is 69.0 Å². The molecule has 0 unspecified atom stereocenters. The van der Waals surface area contributed by atoms with E-state index in [1.54, 1.807) is 14.2 Å². The Morgan fingerprint density at radius 3 is 2.41 bits per heavy atom. The quantitative estimate of drug-likeness (QED) is 0.496. The van der Waals surface area contributed by atoms with Gasteiger partial charge in [-0.15, -0.1) is 11.3 Å². The smallest absolute Gasteiger partial charge is 0.294 e. The number of rotatable bonds is 5. The Morgan fingerprint density at radius 2 is 1.72 bits per heavy atom. The summed E-state index contributed by atoms with van der Waals surface area (Å²) in [5, 5.41) is 5.54. The van der Waals surface area contributed by atoms with Gasteiger partial charge in [0.25, 0.3) is 5.56 Å². The van der Waals surface area contributed by atoms with Crippen molar-refractivity contribution in [2.75, 3.05) is 14.2 Å². The molecule has 2 aromatic carbocycles. The number of thiazole rings is 1. The number of hydrogen-bond donors (Lipinski definition) is 0. The second-order valence-corrected chi connectivity index (χ2v) is 7.98. The average molecular weight is 407 g/mol. The van der Waals surface area contributed by atoms with Crippen molar-refractivity contribution in [1.29, 1.82) is 0 Å². The van der Waals surface area contributed by atoms with Crippen LogP contribution in [0.25, 0.3) is 21.5 Å². The molecule has 6 nitrogen and oxygen atoms in total. The summed E-state index contributed by atoms with van der Waals surface area (Å²) >= 11 is 1.47. The number of nitrogens with zero attached hydrogens (tertiary/aromatic N) is 3. The third-order valence-corrected chi connectivity index (χ3v) is 5.69. The summed E-state index contributed by atoms with van der Waals surface area (Å²) in [4.78, 5) is 17.5. The zero-order chi connectivity index (χ0) is 20.5. The molecule has 4 aromatic rings. The lowest BCUT2D eigenvalue weighted by Gasteiger charge is -2.12. The molecule has 0 bridgehead atoms. The molecule has 0 spiro atoms. The second-order valence-electron chi connectivity index (χ2n) is 6.78. The molecular formula is C22H21N3O3S. The summed E-state index contributed by atoms with van der Waals surface area (Å²) in [5.41, 5.74) is 3.99. The predicted octanol–water partition coefficient (Wildman–Crippen LogP) is 4.20. The predicted molar refractivity (Wildman–Crippen MR) is 115 cm³/mol. The topological polar surface area (TPSA) is 66.2 Å². The summed E-state index contributed by atoms with van der Waals surface area (Å²) in [6.07, 6.45) is 0. The molecule has 148 valence electrons. The van der Waals surface area contributed by atoms with E-state index >= 15 is 0 Å². The molecule has 0 radical (unpaired) electrons. The van der Waals surface area contributed by atoms with Crippen LogP contribution in [-0.4, -0.2) is 29.0 Å². The number of hydrogen-bond acceptors (Lipinski definition) is 6. The first kappa shape index (κ1) is 19.1. The van der Waals surface area contributed by atoms with Crippen LogP contribution in [0.3, 0.4) is 0 Å². The van der Waals surface area contributed by atoms with E-state index in [-0.39, 0.29) is 5.56 Å². The van der Waals surface area contributed by atoms with E-state index in [1.807, 2.05) is 56.3 Å². The SMILES string of the molecule is COc1ccc(-c2nn(Cc3ccc(C)cc3)c(=O)c3nc(C)sc23)cc1OC. The molecular weight excluding hydrogens is 386 g/mol. The molecule has 0 atom stereocenters. The highest BCUT2D eigenvalue weighted by Crippen LogP contribution is 2.35. The van der Waals surface area contributed by atoms with Crippen molar-refractivity contribution in [3.8, 4) is 22.8 Å². The number of fused-ring (bicyclic) bond motifs is 1. The third-order valence-electron chi connectivity index (χ3n) is 4.72. The van der Waals surface area contributed by atoms with Crippen LogP contribution in [-0.2, 0) is 6.54 Å². The molecule has 0 N–H and O–H groups in total. The first-order valence-electron chi connectivity index (χ1n) is 9.16. The van der Waals surface area contributed by atoms with Gasteiger partial charge in [-0.05, 0) is 37.6 Å².